The number of alkyl halides is 3. The van der Waals surface area contributed by atoms with E-state index in [1.54, 1.807) is 24.3 Å². The number of nitrogens with zero attached hydrogens (tertiary/aromatic N) is 5. The van der Waals surface area contributed by atoms with E-state index in [4.69, 9.17) is 23.2 Å². The minimum Gasteiger partial charge on any atom is -0.382 e. The second-order valence-corrected chi connectivity index (χ2v) is 7.87. The van der Waals surface area contributed by atoms with E-state index in [1.807, 2.05) is 0 Å². The number of aliphatic hydroxyl groups excluding tert-OH is 1. The smallest absolute Gasteiger partial charge is 0.382 e. The first-order valence-electron chi connectivity index (χ1n) is 9.48. The highest BCUT2D eigenvalue weighted by Crippen LogP contribution is 2.25. The van der Waals surface area contributed by atoms with Gasteiger partial charge in [-0.1, -0.05) is 35.3 Å². The molecule has 2 aromatic heterocycles. The Morgan fingerprint density at radius 3 is 2.45 bits per heavy atom. The molecule has 0 fully saturated rings. The summed E-state index contributed by atoms with van der Waals surface area (Å²) in [7, 11) is 0. The second kappa shape index (κ2) is 9.00. The second-order valence-electron chi connectivity index (χ2n) is 7.02. The lowest BCUT2D eigenvalue weighted by atomic mass is 10.2. The molecule has 4 rings (SSSR count). The lowest BCUT2D eigenvalue weighted by Crippen LogP contribution is -2.37. The molecule has 2 aromatic carbocycles. The fourth-order valence-electron chi connectivity index (χ4n) is 3.07. The van der Waals surface area contributed by atoms with E-state index in [9.17, 15) is 23.1 Å². The minimum absolute atomic E-state index is 0.0641. The Morgan fingerprint density at radius 1 is 1.09 bits per heavy atom. The molecule has 0 aliphatic heterocycles. The fraction of sp³-hybridized carbons (Fsp3) is 0.200. The summed E-state index contributed by atoms with van der Waals surface area (Å²) in [5, 5.41) is 21.3. The van der Waals surface area contributed by atoms with Crippen LogP contribution in [0.15, 0.2) is 53.3 Å². The van der Waals surface area contributed by atoms with Crippen LogP contribution in [0.2, 0.25) is 10.0 Å². The van der Waals surface area contributed by atoms with E-state index in [0.29, 0.717) is 21.2 Å². The molecule has 0 spiro atoms. The maximum Gasteiger partial charge on any atom is 0.416 e. The van der Waals surface area contributed by atoms with E-state index < -0.39 is 24.5 Å². The first kappa shape index (κ1) is 23.0. The Hall–Kier alpha value is -3.15. The van der Waals surface area contributed by atoms with Gasteiger partial charge in [0.25, 0.3) is 0 Å². The maximum absolute atomic E-state index is 13.0. The number of nitrogens with one attached hydrogen (secondary N) is 1. The molecule has 0 saturated carbocycles. The van der Waals surface area contributed by atoms with Crippen LogP contribution in [0.25, 0.3) is 22.8 Å². The van der Waals surface area contributed by atoms with Crippen molar-refractivity contribution in [2.45, 2.75) is 25.4 Å². The van der Waals surface area contributed by atoms with Gasteiger partial charge in [-0.05, 0) is 36.4 Å². The summed E-state index contributed by atoms with van der Waals surface area (Å²) in [6, 6.07) is 12.9. The Labute approximate surface area is 194 Å². The Morgan fingerprint density at radius 2 is 1.79 bits per heavy atom. The van der Waals surface area contributed by atoms with Crippen molar-refractivity contribution in [3.05, 3.63) is 74.9 Å². The molecule has 0 radical (unpaired) electrons. The fourth-order valence-corrected chi connectivity index (χ4v) is 3.41. The maximum atomic E-state index is 13.0. The van der Waals surface area contributed by atoms with Crippen LogP contribution < -0.4 is 5.69 Å². The lowest BCUT2D eigenvalue weighted by molar-refractivity contribution is -0.207. The summed E-state index contributed by atoms with van der Waals surface area (Å²) in [5.41, 5.74) is 0.0487. The van der Waals surface area contributed by atoms with Gasteiger partial charge < -0.3 is 5.11 Å². The van der Waals surface area contributed by atoms with Crippen molar-refractivity contribution in [2.75, 3.05) is 0 Å². The van der Waals surface area contributed by atoms with Gasteiger partial charge in [0.2, 0.25) is 0 Å². The first-order chi connectivity index (χ1) is 15.6. The number of H-pyrrole nitrogens is 1. The van der Waals surface area contributed by atoms with Gasteiger partial charge in [0.1, 0.15) is 12.4 Å². The van der Waals surface area contributed by atoms with Crippen LogP contribution in [0, 0.1) is 0 Å². The molecule has 1 unspecified atom stereocenters. The van der Waals surface area contributed by atoms with Gasteiger partial charge in [0.15, 0.2) is 17.8 Å². The number of aromatic nitrogens is 6. The zero-order chi connectivity index (χ0) is 23.8. The first-order valence-corrected chi connectivity index (χ1v) is 10.2. The summed E-state index contributed by atoms with van der Waals surface area (Å²) >= 11 is 12.0. The third-order valence-electron chi connectivity index (χ3n) is 4.70. The van der Waals surface area contributed by atoms with Gasteiger partial charge in [-0.3, -0.25) is 9.67 Å². The average Bonchev–Trinajstić information content (AvgIpc) is 3.34. The number of hydrogen-bond acceptors (Lipinski definition) is 5. The van der Waals surface area contributed by atoms with E-state index in [2.05, 4.69) is 20.3 Å². The molecule has 0 saturated heterocycles. The van der Waals surface area contributed by atoms with Crippen LogP contribution in [0.1, 0.15) is 5.82 Å². The number of aromatic amines is 1. The predicted octanol–water partition coefficient (Wildman–Crippen LogP) is 3.78. The molecule has 4 aromatic rings. The highest BCUT2D eigenvalue weighted by atomic mass is 35.5. The molecule has 8 nitrogen and oxygen atoms in total. The Bertz CT molecular complexity index is 1330. The van der Waals surface area contributed by atoms with Crippen molar-refractivity contribution >= 4 is 23.2 Å². The zero-order valence-electron chi connectivity index (χ0n) is 16.6. The van der Waals surface area contributed by atoms with E-state index in [0.717, 1.165) is 9.25 Å². The van der Waals surface area contributed by atoms with Crippen molar-refractivity contribution in [1.29, 1.82) is 0 Å². The molecular formula is C20H15Cl2F3N6O2. The molecule has 0 aliphatic carbocycles. The molecule has 2 N–H and O–H groups in total. The zero-order valence-corrected chi connectivity index (χ0v) is 18.1. The van der Waals surface area contributed by atoms with Crippen LogP contribution in [-0.4, -0.2) is 46.9 Å². The molecule has 0 amide bonds. The van der Waals surface area contributed by atoms with Gasteiger partial charge in [-0.25, -0.2) is 14.5 Å². The number of halogens is 5. The highest BCUT2D eigenvalue weighted by Gasteiger charge is 2.39. The third kappa shape index (κ3) is 4.95. The molecule has 172 valence electrons. The number of hydrogen-bond donors (Lipinski definition) is 2. The van der Waals surface area contributed by atoms with Crippen LogP contribution in [-0.2, 0) is 13.1 Å². The summed E-state index contributed by atoms with van der Waals surface area (Å²) in [6.07, 6.45) is -7.66. The van der Waals surface area contributed by atoms with E-state index in [-0.39, 0.29) is 24.0 Å². The van der Waals surface area contributed by atoms with Crippen molar-refractivity contribution in [3.8, 4) is 22.8 Å². The lowest BCUT2D eigenvalue weighted by Gasteiger charge is -2.15. The predicted molar refractivity (Wildman–Crippen MR) is 115 cm³/mol. The molecular weight excluding hydrogens is 484 g/mol. The molecule has 0 bridgehead atoms. The normalized spacial score (nSPS) is 12.8. The number of benzene rings is 2. The summed E-state index contributed by atoms with van der Waals surface area (Å²) in [4.78, 5) is 17.2. The van der Waals surface area contributed by atoms with Crippen molar-refractivity contribution in [1.82, 2.24) is 29.5 Å². The monoisotopic (exact) mass is 498 g/mol. The van der Waals surface area contributed by atoms with Gasteiger partial charge >= 0.3 is 11.9 Å². The van der Waals surface area contributed by atoms with E-state index >= 15 is 0 Å². The summed E-state index contributed by atoms with van der Waals surface area (Å²) < 4.78 is 40.6. The van der Waals surface area contributed by atoms with Crippen LogP contribution in [0.4, 0.5) is 13.2 Å². The number of aliphatic hydroxyl groups is 1. The summed E-state index contributed by atoms with van der Waals surface area (Å²) in [6.45, 7) is -1.23. The van der Waals surface area contributed by atoms with Gasteiger partial charge in [0.05, 0.1) is 11.6 Å². The van der Waals surface area contributed by atoms with Gasteiger partial charge in [-0.2, -0.15) is 18.3 Å². The van der Waals surface area contributed by atoms with Crippen LogP contribution in [0.5, 0.6) is 0 Å². The van der Waals surface area contributed by atoms with Crippen molar-refractivity contribution in [3.63, 3.8) is 0 Å². The average molecular weight is 499 g/mol. The topological polar surface area (TPSA) is 102 Å². The summed E-state index contributed by atoms with van der Waals surface area (Å²) in [5.74, 6) is 0.454. The SMILES string of the molecule is O=c1n(Cc2nc(-c3ccccc3Cl)n[nH]2)nc(-c2ccc(Cl)cc2)n1CC(O)C(F)(F)F. The van der Waals surface area contributed by atoms with Crippen molar-refractivity contribution in [2.24, 2.45) is 0 Å². The number of rotatable bonds is 6. The third-order valence-corrected chi connectivity index (χ3v) is 5.29. The highest BCUT2D eigenvalue weighted by molar-refractivity contribution is 6.33. The standard InChI is InChI=1S/C20H15Cl2F3N6O2/c21-12-7-5-11(6-8-12)18-29-31(19(33)30(18)9-15(32)20(23,24)25)10-16-26-17(28-27-16)13-3-1-2-4-14(13)22/h1-8,15,32H,9-10H2,(H,26,27,28). The molecule has 13 heteroatoms. The van der Waals surface area contributed by atoms with E-state index in [1.165, 1.54) is 24.3 Å². The van der Waals surface area contributed by atoms with Gasteiger partial charge in [0, 0.05) is 16.1 Å². The van der Waals surface area contributed by atoms with Gasteiger partial charge in [-0.15, -0.1) is 5.10 Å². The molecule has 33 heavy (non-hydrogen) atoms. The van der Waals surface area contributed by atoms with Crippen LogP contribution >= 0.6 is 23.2 Å². The van der Waals surface area contributed by atoms with Crippen molar-refractivity contribution < 1.29 is 18.3 Å². The quantitative estimate of drug-likeness (QED) is 0.421. The Kier molecular flexibility index (Phi) is 6.28. The molecule has 2 heterocycles. The molecule has 0 aliphatic rings. The van der Waals surface area contributed by atoms with Crippen LogP contribution in [0.3, 0.4) is 0 Å². The minimum atomic E-state index is -4.91. The molecule has 1 atom stereocenters. The largest absolute Gasteiger partial charge is 0.416 e. The Balaban J connectivity index is 1.71.